The molecule has 15 heavy (non-hydrogen) atoms. The third kappa shape index (κ3) is 7.11. The molecule has 0 fully saturated rings. The van der Waals surface area contributed by atoms with Crippen LogP contribution >= 0.6 is 0 Å². The molecule has 0 heterocycles. The van der Waals surface area contributed by atoms with Gasteiger partial charge >= 0.3 is 0 Å². The van der Waals surface area contributed by atoms with Gasteiger partial charge in [0.05, 0.1) is 12.6 Å². The van der Waals surface area contributed by atoms with Crippen molar-refractivity contribution in [3.8, 4) is 0 Å². The van der Waals surface area contributed by atoms with Crippen molar-refractivity contribution in [2.75, 3.05) is 19.6 Å². The van der Waals surface area contributed by atoms with Crippen LogP contribution in [0.1, 0.15) is 20.8 Å². The Hall–Kier alpha value is -0.870. The van der Waals surface area contributed by atoms with Gasteiger partial charge in [-0.2, -0.15) is 0 Å². The first kappa shape index (κ1) is 14.1. The third-order valence-corrected chi connectivity index (χ3v) is 2.02. The van der Waals surface area contributed by atoms with E-state index in [2.05, 4.69) is 11.9 Å². The van der Waals surface area contributed by atoms with Crippen LogP contribution in [0.25, 0.3) is 0 Å². The highest BCUT2D eigenvalue weighted by Gasteiger charge is 2.15. The van der Waals surface area contributed by atoms with Gasteiger partial charge in [-0.15, -0.1) is 6.58 Å². The van der Waals surface area contributed by atoms with Crippen molar-refractivity contribution in [2.45, 2.75) is 32.9 Å². The van der Waals surface area contributed by atoms with Gasteiger partial charge in [-0.05, 0) is 20.8 Å². The molecule has 0 rings (SSSR count). The lowest BCUT2D eigenvalue weighted by Gasteiger charge is -2.26. The number of aliphatic hydroxyl groups is 1. The predicted molar refractivity (Wildman–Crippen MR) is 61.6 cm³/mol. The SMILES string of the molecule is C=CCNC(=O)CN(CC(C)O)C(C)C. The molecule has 0 aromatic carbocycles. The molecule has 0 saturated heterocycles. The second-order valence-electron chi connectivity index (χ2n) is 3.96. The van der Waals surface area contributed by atoms with Crippen LogP contribution in [0.5, 0.6) is 0 Å². The summed E-state index contributed by atoms with van der Waals surface area (Å²) in [7, 11) is 0. The molecular formula is C11H22N2O2. The lowest BCUT2D eigenvalue weighted by molar-refractivity contribution is -0.122. The summed E-state index contributed by atoms with van der Waals surface area (Å²) in [6, 6.07) is 0.245. The summed E-state index contributed by atoms with van der Waals surface area (Å²) in [5.41, 5.74) is 0. The van der Waals surface area contributed by atoms with Crippen LogP contribution in [-0.2, 0) is 4.79 Å². The fourth-order valence-corrected chi connectivity index (χ4v) is 1.22. The van der Waals surface area contributed by atoms with Gasteiger partial charge in [-0.25, -0.2) is 0 Å². The summed E-state index contributed by atoms with van der Waals surface area (Å²) < 4.78 is 0. The maximum Gasteiger partial charge on any atom is 0.234 e. The van der Waals surface area contributed by atoms with Crippen molar-refractivity contribution in [3.63, 3.8) is 0 Å². The Bertz CT molecular complexity index is 203. The van der Waals surface area contributed by atoms with Crippen molar-refractivity contribution >= 4 is 5.91 Å². The van der Waals surface area contributed by atoms with Crippen molar-refractivity contribution < 1.29 is 9.90 Å². The molecule has 0 spiro atoms. The number of aliphatic hydroxyl groups excluding tert-OH is 1. The topological polar surface area (TPSA) is 52.6 Å². The van der Waals surface area contributed by atoms with Gasteiger partial charge in [-0.3, -0.25) is 9.69 Å². The average molecular weight is 214 g/mol. The van der Waals surface area contributed by atoms with Gasteiger partial charge in [0, 0.05) is 19.1 Å². The Balaban J connectivity index is 4.04. The molecule has 1 amide bonds. The van der Waals surface area contributed by atoms with Gasteiger partial charge in [0.1, 0.15) is 0 Å². The van der Waals surface area contributed by atoms with Crippen LogP contribution in [-0.4, -0.2) is 47.7 Å². The first-order chi connectivity index (χ1) is 6.97. The van der Waals surface area contributed by atoms with Crippen LogP contribution < -0.4 is 5.32 Å². The van der Waals surface area contributed by atoms with Crippen molar-refractivity contribution in [1.82, 2.24) is 10.2 Å². The van der Waals surface area contributed by atoms with Gasteiger partial charge in [0.15, 0.2) is 0 Å². The van der Waals surface area contributed by atoms with Crippen LogP contribution in [0.2, 0.25) is 0 Å². The van der Waals surface area contributed by atoms with E-state index in [4.69, 9.17) is 0 Å². The number of nitrogens with zero attached hydrogens (tertiary/aromatic N) is 1. The van der Waals surface area contributed by atoms with E-state index in [-0.39, 0.29) is 11.9 Å². The molecule has 0 aliphatic rings. The molecule has 88 valence electrons. The Morgan fingerprint density at radius 3 is 2.53 bits per heavy atom. The fraction of sp³-hybridized carbons (Fsp3) is 0.727. The molecule has 1 unspecified atom stereocenters. The van der Waals surface area contributed by atoms with Gasteiger partial charge < -0.3 is 10.4 Å². The summed E-state index contributed by atoms with van der Waals surface area (Å²) in [6.07, 6.45) is 1.23. The molecule has 0 aliphatic carbocycles. The maximum atomic E-state index is 11.4. The van der Waals surface area contributed by atoms with E-state index in [9.17, 15) is 9.90 Å². The van der Waals surface area contributed by atoms with Crippen LogP contribution in [0.3, 0.4) is 0 Å². The van der Waals surface area contributed by atoms with Gasteiger partial charge in [0.2, 0.25) is 5.91 Å². The number of carbonyl (C=O) groups excluding carboxylic acids is 1. The van der Waals surface area contributed by atoms with Crippen LogP contribution in [0.4, 0.5) is 0 Å². The quantitative estimate of drug-likeness (QED) is 0.602. The molecule has 0 radical (unpaired) electrons. The molecule has 0 aromatic heterocycles. The summed E-state index contributed by atoms with van der Waals surface area (Å²) in [5.74, 6) is -0.0377. The van der Waals surface area contributed by atoms with Gasteiger partial charge in [0.25, 0.3) is 0 Å². The molecule has 4 nitrogen and oxygen atoms in total. The summed E-state index contributed by atoms with van der Waals surface area (Å²) >= 11 is 0. The van der Waals surface area contributed by atoms with Crippen molar-refractivity contribution in [1.29, 1.82) is 0 Å². The van der Waals surface area contributed by atoms with Crippen molar-refractivity contribution in [3.05, 3.63) is 12.7 Å². The smallest absolute Gasteiger partial charge is 0.234 e. The minimum absolute atomic E-state index is 0.0377. The minimum Gasteiger partial charge on any atom is -0.392 e. The zero-order valence-corrected chi connectivity index (χ0v) is 9.86. The number of rotatable bonds is 7. The second-order valence-corrected chi connectivity index (χ2v) is 3.96. The number of carbonyl (C=O) groups is 1. The Morgan fingerprint density at radius 1 is 1.53 bits per heavy atom. The molecular weight excluding hydrogens is 192 g/mol. The molecule has 4 heteroatoms. The third-order valence-electron chi connectivity index (χ3n) is 2.02. The molecule has 1 atom stereocenters. The second kappa shape index (κ2) is 7.43. The number of hydrogen-bond donors (Lipinski definition) is 2. The van der Waals surface area contributed by atoms with E-state index in [1.807, 2.05) is 18.7 Å². The summed E-state index contributed by atoms with van der Waals surface area (Å²) in [5, 5.41) is 12.0. The molecule has 0 aliphatic heterocycles. The van der Waals surface area contributed by atoms with Crippen LogP contribution in [0, 0.1) is 0 Å². The van der Waals surface area contributed by atoms with E-state index in [0.717, 1.165) is 0 Å². The first-order valence-corrected chi connectivity index (χ1v) is 5.27. The van der Waals surface area contributed by atoms with E-state index < -0.39 is 6.10 Å². The predicted octanol–water partition coefficient (Wildman–Crippen LogP) is 0.380. The zero-order valence-electron chi connectivity index (χ0n) is 9.86. The number of amides is 1. The van der Waals surface area contributed by atoms with E-state index >= 15 is 0 Å². The highest BCUT2D eigenvalue weighted by atomic mass is 16.3. The number of hydrogen-bond acceptors (Lipinski definition) is 3. The normalized spacial score (nSPS) is 12.9. The van der Waals surface area contributed by atoms with Gasteiger partial charge in [-0.1, -0.05) is 6.08 Å². The largest absolute Gasteiger partial charge is 0.392 e. The Labute approximate surface area is 92.0 Å². The number of nitrogens with one attached hydrogen (secondary N) is 1. The highest BCUT2D eigenvalue weighted by Crippen LogP contribution is 1.99. The molecule has 2 N–H and O–H groups in total. The fourth-order valence-electron chi connectivity index (χ4n) is 1.22. The standard InChI is InChI=1S/C11H22N2O2/c1-5-6-12-11(15)8-13(9(2)3)7-10(4)14/h5,9-10,14H,1,6-8H2,2-4H3,(H,12,15). The van der Waals surface area contributed by atoms with Crippen molar-refractivity contribution in [2.24, 2.45) is 0 Å². The molecule has 0 saturated carbocycles. The zero-order chi connectivity index (χ0) is 11.8. The summed E-state index contributed by atoms with van der Waals surface area (Å²) in [6.45, 7) is 10.6. The lowest BCUT2D eigenvalue weighted by atomic mass is 10.2. The Kier molecular flexibility index (Phi) is 6.99. The first-order valence-electron chi connectivity index (χ1n) is 5.27. The monoisotopic (exact) mass is 214 g/mol. The van der Waals surface area contributed by atoms with Crippen LogP contribution in [0.15, 0.2) is 12.7 Å². The minimum atomic E-state index is -0.417. The lowest BCUT2D eigenvalue weighted by Crippen LogP contribution is -2.43. The average Bonchev–Trinajstić information content (AvgIpc) is 2.12. The molecule has 0 aromatic rings. The van der Waals surface area contributed by atoms with E-state index in [1.54, 1.807) is 13.0 Å². The van der Waals surface area contributed by atoms with E-state index in [0.29, 0.717) is 19.6 Å². The Morgan fingerprint density at radius 2 is 2.13 bits per heavy atom. The molecule has 0 bridgehead atoms. The van der Waals surface area contributed by atoms with E-state index in [1.165, 1.54) is 0 Å². The highest BCUT2D eigenvalue weighted by molar-refractivity contribution is 5.78. The summed E-state index contributed by atoms with van der Waals surface area (Å²) in [4.78, 5) is 13.3. The maximum absolute atomic E-state index is 11.4.